The molecule has 2 unspecified atom stereocenters. The molecule has 2 rings (SSSR count). The number of hydrogen-bond donors (Lipinski definition) is 2. The fraction of sp³-hybridized carbons (Fsp3) is 0.727. The summed E-state index contributed by atoms with van der Waals surface area (Å²) in [4.78, 5) is 4.29. The summed E-state index contributed by atoms with van der Waals surface area (Å²) in [6.07, 6.45) is 5.54. The van der Waals surface area contributed by atoms with Crippen molar-refractivity contribution in [3.63, 3.8) is 0 Å². The van der Waals surface area contributed by atoms with Crippen molar-refractivity contribution < 1.29 is 9.47 Å². The van der Waals surface area contributed by atoms with Crippen molar-refractivity contribution in [1.29, 1.82) is 0 Å². The maximum absolute atomic E-state index is 5.64. The highest BCUT2D eigenvalue weighted by atomic mass is 16.6. The maximum Gasteiger partial charge on any atom is 0.108 e. The van der Waals surface area contributed by atoms with E-state index in [1.807, 2.05) is 17.8 Å². The first-order chi connectivity index (χ1) is 8.31. The Hall–Kier alpha value is -0.950. The summed E-state index contributed by atoms with van der Waals surface area (Å²) in [5.41, 5.74) is 2.81. The van der Waals surface area contributed by atoms with Gasteiger partial charge in [-0.05, 0) is 6.42 Å². The number of aryl methyl sites for hydroxylation is 2. The minimum absolute atomic E-state index is 0.0361. The smallest absolute Gasteiger partial charge is 0.108 e. The Balaban J connectivity index is 1.84. The fourth-order valence-electron chi connectivity index (χ4n) is 2.04. The largest absolute Gasteiger partial charge is 0.376 e. The molecule has 0 saturated carbocycles. The average molecular weight is 240 g/mol. The van der Waals surface area contributed by atoms with Gasteiger partial charge in [0.15, 0.2) is 0 Å². The number of nitrogens with one attached hydrogen (secondary N) is 1. The molecule has 1 aromatic heterocycles. The minimum atomic E-state index is 0.0361. The number of imidazole rings is 1. The minimum Gasteiger partial charge on any atom is -0.376 e. The van der Waals surface area contributed by atoms with Gasteiger partial charge in [0.1, 0.15) is 5.82 Å². The van der Waals surface area contributed by atoms with Gasteiger partial charge in [-0.25, -0.2) is 4.98 Å². The van der Waals surface area contributed by atoms with Crippen molar-refractivity contribution >= 4 is 0 Å². The molecule has 0 spiro atoms. The fourth-order valence-corrected chi connectivity index (χ4v) is 2.04. The van der Waals surface area contributed by atoms with Crippen LogP contribution >= 0.6 is 0 Å². The van der Waals surface area contributed by atoms with E-state index in [-0.39, 0.29) is 12.1 Å². The van der Waals surface area contributed by atoms with Gasteiger partial charge in [0, 0.05) is 31.9 Å². The predicted molar refractivity (Wildman–Crippen MR) is 63.2 cm³/mol. The van der Waals surface area contributed by atoms with Crippen molar-refractivity contribution in [1.82, 2.24) is 15.0 Å². The summed E-state index contributed by atoms with van der Waals surface area (Å²) in [6, 6.07) is 0.104. The molecule has 3 N–H and O–H groups in total. The molecule has 2 heterocycles. The standard InChI is InChI=1S/C11H20N4O2/c1-15-5-4-13-11(15)3-2-9(14-12)10-8-16-6-7-17-10/h4-5,9-10,14H,2-3,6-8,12H2,1H3. The van der Waals surface area contributed by atoms with Gasteiger partial charge in [0.05, 0.1) is 25.9 Å². The van der Waals surface area contributed by atoms with Crippen molar-refractivity contribution in [2.24, 2.45) is 12.9 Å². The predicted octanol–water partition coefficient (Wildman–Crippen LogP) is -0.400. The lowest BCUT2D eigenvalue weighted by atomic mass is 10.1. The van der Waals surface area contributed by atoms with Gasteiger partial charge in [-0.3, -0.25) is 11.3 Å². The quantitative estimate of drug-likeness (QED) is 0.541. The van der Waals surface area contributed by atoms with Crippen molar-refractivity contribution in [2.75, 3.05) is 19.8 Å². The second-order valence-corrected chi connectivity index (χ2v) is 4.25. The molecule has 1 aliphatic rings. The Morgan fingerprint density at radius 2 is 2.53 bits per heavy atom. The molecule has 0 amide bonds. The van der Waals surface area contributed by atoms with Crippen LogP contribution in [-0.2, 0) is 22.9 Å². The van der Waals surface area contributed by atoms with Crippen LogP contribution in [0, 0.1) is 0 Å². The third-order valence-corrected chi connectivity index (χ3v) is 3.10. The van der Waals surface area contributed by atoms with Gasteiger partial charge in [-0.1, -0.05) is 0 Å². The third-order valence-electron chi connectivity index (χ3n) is 3.10. The Labute approximate surface area is 101 Å². The molecular weight excluding hydrogens is 220 g/mol. The number of rotatable bonds is 5. The van der Waals surface area contributed by atoms with Crippen molar-refractivity contribution in [3.8, 4) is 0 Å². The summed E-state index contributed by atoms with van der Waals surface area (Å²) >= 11 is 0. The van der Waals surface area contributed by atoms with Crippen LogP contribution in [0.3, 0.4) is 0 Å². The molecule has 1 fully saturated rings. The monoisotopic (exact) mass is 240 g/mol. The zero-order valence-corrected chi connectivity index (χ0v) is 10.1. The molecule has 17 heavy (non-hydrogen) atoms. The summed E-state index contributed by atoms with van der Waals surface area (Å²) in [5.74, 6) is 6.63. The van der Waals surface area contributed by atoms with Crippen LogP contribution in [0.5, 0.6) is 0 Å². The zero-order chi connectivity index (χ0) is 12.1. The third kappa shape index (κ3) is 3.26. The van der Waals surface area contributed by atoms with Gasteiger partial charge >= 0.3 is 0 Å². The topological polar surface area (TPSA) is 74.3 Å². The van der Waals surface area contributed by atoms with Crippen LogP contribution in [0.25, 0.3) is 0 Å². The highest BCUT2D eigenvalue weighted by Crippen LogP contribution is 2.11. The lowest BCUT2D eigenvalue weighted by Gasteiger charge is -2.29. The molecule has 0 aromatic carbocycles. The number of hydrazine groups is 1. The first kappa shape index (κ1) is 12.5. The molecule has 0 bridgehead atoms. The lowest BCUT2D eigenvalue weighted by Crippen LogP contribution is -2.49. The van der Waals surface area contributed by atoms with Gasteiger partial charge in [0.2, 0.25) is 0 Å². The zero-order valence-electron chi connectivity index (χ0n) is 10.1. The van der Waals surface area contributed by atoms with Crippen LogP contribution in [-0.4, -0.2) is 41.5 Å². The molecule has 96 valence electrons. The highest BCUT2D eigenvalue weighted by molar-refractivity contribution is 4.93. The normalized spacial score (nSPS) is 22.6. The van der Waals surface area contributed by atoms with E-state index in [2.05, 4.69) is 10.4 Å². The van der Waals surface area contributed by atoms with E-state index in [4.69, 9.17) is 15.3 Å². The molecule has 6 heteroatoms. The molecule has 2 atom stereocenters. The van der Waals surface area contributed by atoms with Gasteiger partial charge < -0.3 is 14.0 Å². The van der Waals surface area contributed by atoms with E-state index < -0.39 is 0 Å². The summed E-state index contributed by atoms with van der Waals surface area (Å²) in [5, 5.41) is 0. The number of ether oxygens (including phenoxy) is 2. The van der Waals surface area contributed by atoms with Crippen LogP contribution in [0.4, 0.5) is 0 Å². The Morgan fingerprint density at radius 3 is 3.12 bits per heavy atom. The molecule has 1 saturated heterocycles. The summed E-state index contributed by atoms with van der Waals surface area (Å²) in [6.45, 7) is 1.92. The van der Waals surface area contributed by atoms with Crippen LogP contribution < -0.4 is 11.3 Å². The van der Waals surface area contributed by atoms with Crippen molar-refractivity contribution in [2.45, 2.75) is 25.0 Å². The first-order valence-corrected chi connectivity index (χ1v) is 5.93. The van der Waals surface area contributed by atoms with Crippen molar-refractivity contribution in [3.05, 3.63) is 18.2 Å². The van der Waals surface area contributed by atoms with E-state index in [0.29, 0.717) is 19.8 Å². The van der Waals surface area contributed by atoms with E-state index in [0.717, 1.165) is 18.7 Å². The number of nitrogens with zero attached hydrogens (tertiary/aromatic N) is 2. The molecule has 0 aliphatic carbocycles. The molecule has 1 aliphatic heterocycles. The number of aromatic nitrogens is 2. The Kier molecular flexibility index (Phi) is 4.49. The summed E-state index contributed by atoms with van der Waals surface area (Å²) in [7, 11) is 1.99. The van der Waals surface area contributed by atoms with Crippen LogP contribution in [0.2, 0.25) is 0 Å². The molecular formula is C11H20N4O2. The first-order valence-electron chi connectivity index (χ1n) is 5.93. The van der Waals surface area contributed by atoms with E-state index in [9.17, 15) is 0 Å². The number of nitrogens with two attached hydrogens (primary N) is 1. The average Bonchev–Trinajstić information content (AvgIpc) is 2.77. The molecule has 1 aromatic rings. The van der Waals surface area contributed by atoms with Crippen LogP contribution in [0.15, 0.2) is 12.4 Å². The highest BCUT2D eigenvalue weighted by Gasteiger charge is 2.24. The lowest BCUT2D eigenvalue weighted by molar-refractivity contribution is -0.102. The molecule has 6 nitrogen and oxygen atoms in total. The SMILES string of the molecule is Cn1ccnc1CCC(NN)C1COCCO1. The van der Waals surface area contributed by atoms with Gasteiger partial charge in [0.25, 0.3) is 0 Å². The molecule has 0 radical (unpaired) electrons. The van der Waals surface area contributed by atoms with E-state index in [1.54, 1.807) is 6.20 Å². The second kappa shape index (κ2) is 6.11. The second-order valence-electron chi connectivity index (χ2n) is 4.25. The van der Waals surface area contributed by atoms with Gasteiger partial charge in [-0.15, -0.1) is 0 Å². The van der Waals surface area contributed by atoms with Gasteiger partial charge in [-0.2, -0.15) is 0 Å². The van der Waals surface area contributed by atoms with E-state index in [1.165, 1.54) is 0 Å². The summed E-state index contributed by atoms with van der Waals surface area (Å²) < 4.78 is 13.0. The van der Waals surface area contributed by atoms with Crippen LogP contribution in [0.1, 0.15) is 12.2 Å². The number of hydrogen-bond acceptors (Lipinski definition) is 5. The Bertz CT molecular complexity index is 336. The van der Waals surface area contributed by atoms with E-state index >= 15 is 0 Å². The maximum atomic E-state index is 5.64. The Morgan fingerprint density at radius 1 is 1.65 bits per heavy atom.